The minimum atomic E-state index is 1.03. The molecule has 0 amide bonds. The van der Waals surface area contributed by atoms with E-state index in [0.717, 1.165) is 11.3 Å². The SMILES string of the molecule is C=Cc1ccnc(C)c1.c1ccncc1. The summed E-state index contributed by atoms with van der Waals surface area (Å²) in [7, 11) is 0. The van der Waals surface area contributed by atoms with Gasteiger partial charge in [0.05, 0.1) is 0 Å². The Labute approximate surface area is 90.3 Å². The summed E-state index contributed by atoms with van der Waals surface area (Å²) < 4.78 is 0. The van der Waals surface area contributed by atoms with Gasteiger partial charge in [0.2, 0.25) is 0 Å². The van der Waals surface area contributed by atoms with Gasteiger partial charge in [-0.2, -0.15) is 0 Å². The van der Waals surface area contributed by atoms with Crippen LogP contribution >= 0.6 is 0 Å². The fourth-order valence-corrected chi connectivity index (χ4v) is 1.01. The second-order valence-electron chi connectivity index (χ2n) is 2.96. The Morgan fingerprint density at radius 3 is 2.20 bits per heavy atom. The van der Waals surface area contributed by atoms with Gasteiger partial charge in [0.1, 0.15) is 0 Å². The van der Waals surface area contributed by atoms with Crippen LogP contribution < -0.4 is 0 Å². The van der Waals surface area contributed by atoms with Crippen LogP contribution in [-0.2, 0) is 0 Å². The van der Waals surface area contributed by atoms with E-state index in [1.807, 2.05) is 43.3 Å². The van der Waals surface area contributed by atoms with Gasteiger partial charge >= 0.3 is 0 Å². The maximum absolute atomic E-state index is 4.04. The molecule has 0 radical (unpaired) electrons. The van der Waals surface area contributed by atoms with Crippen LogP contribution in [0, 0.1) is 6.92 Å². The number of aryl methyl sites for hydroxylation is 1. The Kier molecular flexibility index (Phi) is 4.81. The zero-order chi connectivity index (χ0) is 10.9. The number of rotatable bonds is 1. The Hall–Kier alpha value is -1.96. The summed E-state index contributed by atoms with van der Waals surface area (Å²) in [5, 5.41) is 0. The first-order chi connectivity index (χ1) is 7.33. The van der Waals surface area contributed by atoms with Gasteiger partial charge in [-0.15, -0.1) is 0 Å². The first-order valence-electron chi connectivity index (χ1n) is 4.73. The maximum Gasteiger partial charge on any atom is 0.0378 e. The molecule has 0 N–H and O–H groups in total. The third-order valence-corrected chi connectivity index (χ3v) is 1.72. The van der Waals surface area contributed by atoms with Gasteiger partial charge in [-0.05, 0) is 36.8 Å². The molecule has 0 aromatic carbocycles. The van der Waals surface area contributed by atoms with Crippen LogP contribution in [0.1, 0.15) is 11.3 Å². The van der Waals surface area contributed by atoms with Gasteiger partial charge in [-0.1, -0.05) is 18.7 Å². The topological polar surface area (TPSA) is 25.8 Å². The smallest absolute Gasteiger partial charge is 0.0378 e. The minimum absolute atomic E-state index is 1.03. The number of pyridine rings is 2. The van der Waals surface area contributed by atoms with Crippen LogP contribution in [0.25, 0.3) is 6.08 Å². The highest BCUT2D eigenvalue weighted by molar-refractivity contribution is 5.46. The Morgan fingerprint density at radius 1 is 1.13 bits per heavy atom. The minimum Gasteiger partial charge on any atom is -0.265 e. The molecule has 15 heavy (non-hydrogen) atoms. The van der Waals surface area contributed by atoms with Crippen molar-refractivity contribution in [2.24, 2.45) is 0 Å². The molecular formula is C13H14N2. The summed E-state index contributed by atoms with van der Waals surface area (Å²) in [4.78, 5) is 7.82. The van der Waals surface area contributed by atoms with Crippen LogP contribution in [0.15, 0.2) is 55.5 Å². The van der Waals surface area contributed by atoms with E-state index in [1.54, 1.807) is 18.6 Å². The predicted octanol–water partition coefficient (Wildman–Crippen LogP) is 3.11. The summed E-state index contributed by atoms with van der Waals surface area (Å²) in [5.74, 6) is 0. The Balaban J connectivity index is 0.000000162. The lowest BCUT2D eigenvalue weighted by Gasteiger charge is -1.91. The van der Waals surface area contributed by atoms with Crippen molar-refractivity contribution in [3.63, 3.8) is 0 Å². The van der Waals surface area contributed by atoms with Gasteiger partial charge in [0.15, 0.2) is 0 Å². The largest absolute Gasteiger partial charge is 0.265 e. The zero-order valence-electron chi connectivity index (χ0n) is 8.80. The average Bonchev–Trinajstić information content (AvgIpc) is 2.32. The van der Waals surface area contributed by atoms with E-state index in [-0.39, 0.29) is 0 Å². The van der Waals surface area contributed by atoms with E-state index >= 15 is 0 Å². The standard InChI is InChI=1S/C8H9N.C5H5N/c1-3-8-4-5-9-7(2)6-8;1-2-4-6-5-3-1/h3-6H,1H2,2H3;1-5H. The fraction of sp³-hybridized carbons (Fsp3) is 0.0769. The monoisotopic (exact) mass is 198 g/mol. The predicted molar refractivity (Wildman–Crippen MR) is 63.3 cm³/mol. The molecule has 0 aliphatic heterocycles. The molecule has 2 aromatic rings. The lowest BCUT2D eigenvalue weighted by atomic mass is 10.2. The molecule has 2 heteroatoms. The highest BCUT2D eigenvalue weighted by atomic mass is 14.6. The molecular weight excluding hydrogens is 184 g/mol. The third kappa shape index (κ3) is 4.72. The summed E-state index contributed by atoms with van der Waals surface area (Å²) >= 11 is 0. The normalized spacial score (nSPS) is 8.60. The van der Waals surface area contributed by atoms with Crippen molar-refractivity contribution in [3.05, 3.63) is 66.8 Å². The van der Waals surface area contributed by atoms with Crippen molar-refractivity contribution in [2.75, 3.05) is 0 Å². The molecule has 0 unspecified atom stereocenters. The maximum atomic E-state index is 4.04. The highest BCUT2D eigenvalue weighted by Gasteiger charge is 1.84. The first kappa shape index (κ1) is 11.1. The van der Waals surface area contributed by atoms with E-state index in [9.17, 15) is 0 Å². The molecule has 2 heterocycles. The molecule has 0 spiro atoms. The van der Waals surface area contributed by atoms with Crippen molar-refractivity contribution in [2.45, 2.75) is 6.92 Å². The van der Waals surface area contributed by atoms with Gasteiger partial charge in [0, 0.05) is 24.3 Å². The highest BCUT2D eigenvalue weighted by Crippen LogP contribution is 2.00. The molecule has 2 rings (SSSR count). The molecule has 0 aliphatic rings. The number of hydrogen-bond acceptors (Lipinski definition) is 2. The van der Waals surface area contributed by atoms with Crippen molar-refractivity contribution in [1.82, 2.24) is 9.97 Å². The van der Waals surface area contributed by atoms with E-state index in [2.05, 4.69) is 16.5 Å². The van der Waals surface area contributed by atoms with Crippen LogP contribution in [0.2, 0.25) is 0 Å². The molecule has 76 valence electrons. The molecule has 0 atom stereocenters. The molecule has 0 aliphatic carbocycles. The third-order valence-electron chi connectivity index (χ3n) is 1.72. The molecule has 0 saturated heterocycles. The first-order valence-corrected chi connectivity index (χ1v) is 4.73. The van der Waals surface area contributed by atoms with Crippen molar-refractivity contribution in [1.29, 1.82) is 0 Å². The van der Waals surface area contributed by atoms with Gasteiger partial charge < -0.3 is 0 Å². The second kappa shape index (κ2) is 6.49. The van der Waals surface area contributed by atoms with E-state index in [1.165, 1.54) is 0 Å². The van der Waals surface area contributed by atoms with E-state index in [0.29, 0.717) is 0 Å². The molecule has 0 fully saturated rings. The van der Waals surface area contributed by atoms with Crippen molar-refractivity contribution >= 4 is 6.08 Å². The van der Waals surface area contributed by atoms with Crippen LogP contribution in [0.3, 0.4) is 0 Å². The summed E-state index contributed by atoms with van der Waals surface area (Å²) in [5.41, 5.74) is 2.16. The van der Waals surface area contributed by atoms with Crippen molar-refractivity contribution in [3.8, 4) is 0 Å². The average molecular weight is 198 g/mol. The summed E-state index contributed by atoms with van der Waals surface area (Å²) in [6, 6.07) is 9.64. The van der Waals surface area contributed by atoms with Crippen molar-refractivity contribution < 1.29 is 0 Å². The van der Waals surface area contributed by atoms with Crippen LogP contribution in [0.4, 0.5) is 0 Å². The van der Waals surface area contributed by atoms with Crippen LogP contribution in [0.5, 0.6) is 0 Å². The molecule has 0 bridgehead atoms. The van der Waals surface area contributed by atoms with E-state index < -0.39 is 0 Å². The zero-order valence-corrected chi connectivity index (χ0v) is 8.80. The second-order valence-corrected chi connectivity index (χ2v) is 2.96. The van der Waals surface area contributed by atoms with Gasteiger partial charge in [0.25, 0.3) is 0 Å². The number of aromatic nitrogens is 2. The lowest BCUT2D eigenvalue weighted by Crippen LogP contribution is -1.78. The van der Waals surface area contributed by atoms with Gasteiger partial charge in [-0.25, -0.2) is 0 Å². The number of nitrogens with zero attached hydrogens (tertiary/aromatic N) is 2. The summed E-state index contributed by atoms with van der Waals surface area (Å²) in [6.45, 7) is 5.61. The quantitative estimate of drug-likeness (QED) is 0.703. The van der Waals surface area contributed by atoms with Crippen LogP contribution in [-0.4, -0.2) is 9.97 Å². The molecule has 2 aromatic heterocycles. The van der Waals surface area contributed by atoms with E-state index in [4.69, 9.17) is 0 Å². The Morgan fingerprint density at radius 2 is 1.87 bits per heavy atom. The van der Waals surface area contributed by atoms with Gasteiger partial charge in [-0.3, -0.25) is 9.97 Å². The Bertz CT molecular complexity index is 370. The fourth-order valence-electron chi connectivity index (χ4n) is 1.01. The lowest BCUT2D eigenvalue weighted by molar-refractivity contribution is 1.20. The molecule has 0 saturated carbocycles. The summed E-state index contributed by atoms with van der Waals surface area (Å²) in [6.07, 6.45) is 7.10. The molecule has 2 nitrogen and oxygen atoms in total. The number of hydrogen-bond donors (Lipinski definition) is 0.